The third kappa shape index (κ3) is 5.70. The van der Waals surface area contributed by atoms with Crippen molar-refractivity contribution in [3.63, 3.8) is 0 Å². The molecule has 0 radical (unpaired) electrons. The van der Waals surface area contributed by atoms with Crippen molar-refractivity contribution in [1.82, 2.24) is 10.2 Å². The van der Waals surface area contributed by atoms with E-state index in [1.807, 2.05) is 35.2 Å². The van der Waals surface area contributed by atoms with Gasteiger partial charge in [-0.25, -0.2) is 0 Å². The van der Waals surface area contributed by atoms with Crippen LogP contribution >= 0.6 is 0 Å². The van der Waals surface area contributed by atoms with Crippen molar-refractivity contribution in [3.05, 3.63) is 35.9 Å². The van der Waals surface area contributed by atoms with Crippen molar-refractivity contribution in [3.8, 4) is 0 Å². The number of likely N-dealkylation sites (tertiary alicyclic amines) is 1. The van der Waals surface area contributed by atoms with Crippen molar-refractivity contribution in [1.29, 1.82) is 0 Å². The Bertz CT molecular complexity index is 505. The van der Waals surface area contributed by atoms with Gasteiger partial charge in [0, 0.05) is 31.6 Å². The highest BCUT2D eigenvalue weighted by Crippen LogP contribution is 2.21. The number of hydrogen-bond donors (Lipinski definition) is 1. The molecule has 0 saturated carbocycles. The third-order valence-electron chi connectivity index (χ3n) is 4.39. The minimum Gasteiger partial charge on any atom is -0.356 e. The Morgan fingerprint density at radius 2 is 1.83 bits per heavy atom. The van der Waals surface area contributed by atoms with Gasteiger partial charge in [-0.3, -0.25) is 9.59 Å². The lowest BCUT2D eigenvalue weighted by Crippen LogP contribution is -2.39. The maximum atomic E-state index is 12.4. The Morgan fingerprint density at radius 3 is 2.43 bits per heavy atom. The Kier molecular flexibility index (Phi) is 6.63. The number of nitrogens with one attached hydrogen (secondary N) is 1. The van der Waals surface area contributed by atoms with E-state index in [1.54, 1.807) is 0 Å². The Morgan fingerprint density at radius 1 is 1.17 bits per heavy atom. The topological polar surface area (TPSA) is 49.4 Å². The van der Waals surface area contributed by atoms with Gasteiger partial charge in [0.05, 0.1) is 0 Å². The van der Waals surface area contributed by atoms with E-state index in [9.17, 15) is 9.59 Å². The average molecular weight is 316 g/mol. The summed E-state index contributed by atoms with van der Waals surface area (Å²) in [4.78, 5) is 26.0. The first-order valence-electron chi connectivity index (χ1n) is 8.67. The summed E-state index contributed by atoms with van der Waals surface area (Å²) in [7, 11) is 0. The molecule has 0 atom stereocenters. The van der Waals surface area contributed by atoms with E-state index in [0.29, 0.717) is 18.3 Å². The zero-order valence-corrected chi connectivity index (χ0v) is 14.3. The number of amides is 2. The Hall–Kier alpha value is -1.84. The van der Waals surface area contributed by atoms with Gasteiger partial charge in [-0.05, 0) is 43.2 Å². The normalized spacial score (nSPS) is 15.7. The van der Waals surface area contributed by atoms with Crippen LogP contribution in [0.5, 0.6) is 0 Å². The summed E-state index contributed by atoms with van der Waals surface area (Å²) in [5, 5.41) is 3.00. The SMILES string of the molecule is CC(C)CC(=O)NCCC1CCN(C(=O)c2ccccc2)CC1. The lowest BCUT2D eigenvalue weighted by atomic mass is 9.93. The first-order chi connectivity index (χ1) is 11.1. The van der Waals surface area contributed by atoms with Gasteiger partial charge in [-0.2, -0.15) is 0 Å². The van der Waals surface area contributed by atoms with Crippen LogP contribution < -0.4 is 5.32 Å². The number of piperidine rings is 1. The van der Waals surface area contributed by atoms with Gasteiger partial charge in [0.25, 0.3) is 5.91 Å². The van der Waals surface area contributed by atoms with Gasteiger partial charge in [0.1, 0.15) is 0 Å². The van der Waals surface area contributed by atoms with E-state index in [0.717, 1.165) is 44.5 Å². The van der Waals surface area contributed by atoms with Crippen LogP contribution in [0.2, 0.25) is 0 Å². The van der Waals surface area contributed by atoms with Gasteiger partial charge >= 0.3 is 0 Å². The van der Waals surface area contributed by atoms with Crippen LogP contribution in [0, 0.1) is 11.8 Å². The molecule has 4 heteroatoms. The highest BCUT2D eigenvalue weighted by Gasteiger charge is 2.23. The molecule has 1 aliphatic heterocycles. The fraction of sp³-hybridized carbons (Fsp3) is 0.579. The summed E-state index contributed by atoms with van der Waals surface area (Å²) >= 11 is 0. The van der Waals surface area contributed by atoms with Crippen molar-refractivity contribution in [2.24, 2.45) is 11.8 Å². The van der Waals surface area contributed by atoms with Crippen LogP contribution in [0.3, 0.4) is 0 Å². The summed E-state index contributed by atoms with van der Waals surface area (Å²) in [5.41, 5.74) is 0.770. The zero-order chi connectivity index (χ0) is 16.7. The van der Waals surface area contributed by atoms with Crippen molar-refractivity contribution < 1.29 is 9.59 Å². The Balaban J connectivity index is 1.68. The fourth-order valence-electron chi connectivity index (χ4n) is 3.05. The predicted molar refractivity (Wildman–Crippen MR) is 92.2 cm³/mol. The van der Waals surface area contributed by atoms with Crippen LogP contribution in [0.25, 0.3) is 0 Å². The lowest BCUT2D eigenvalue weighted by molar-refractivity contribution is -0.121. The molecule has 23 heavy (non-hydrogen) atoms. The quantitative estimate of drug-likeness (QED) is 0.877. The molecular formula is C19H28N2O2. The molecule has 2 amide bonds. The van der Waals surface area contributed by atoms with Gasteiger partial charge in [-0.15, -0.1) is 0 Å². The molecule has 0 bridgehead atoms. The summed E-state index contributed by atoms with van der Waals surface area (Å²) in [6.45, 7) is 6.50. The minimum absolute atomic E-state index is 0.134. The van der Waals surface area contributed by atoms with Crippen LogP contribution in [-0.2, 0) is 4.79 Å². The van der Waals surface area contributed by atoms with Gasteiger partial charge < -0.3 is 10.2 Å². The van der Waals surface area contributed by atoms with Gasteiger partial charge in [0.2, 0.25) is 5.91 Å². The first kappa shape index (κ1) is 17.5. The van der Waals surface area contributed by atoms with E-state index in [1.165, 1.54) is 0 Å². The van der Waals surface area contributed by atoms with Crippen LogP contribution in [-0.4, -0.2) is 36.3 Å². The smallest absolute Gasteiger partial charge is 0.253 e. The monoisotopic (exact) mass is 316 g/mol. The highest BCUT2D eigenvalue weighted by atomic mass is 16.2. The second kappa shape index (κ2) is 8.70. The van der Waals surface area contributed by atoms with E-state index in [-0.39, 0.29) is 11.8 Å². The molecule has 1 heterocycles. The van der Waals surface area contributed by atoms with Gasteiger partial charge in [-0.1, -0.05) is 32.0 Å². The zero-order valence-electron chi connectivity index (χ0n) is 14.3. The largest absolute Gasteiger partial charge is 0.356 e. The number of nitrogens with zero attached hydrogens (tertiary/aromatic N) is 1. The third-order valence-corrected chi connectivity index (χ3v) is 4.39. The molecule has 1 fully saturated rings. The highest BCUT2D eigenvalue weighted by molar-refractivity contribution is 5.94. The number of hydrogen-bond acceptors (Lipinski definition) is 2. The maximum Gasteiger partial charge on any atom is 0.253 e. The van der Waals surface area contributed by atoms with E-state index >= 15 is 0 Å². The standard InChI is InChI=1S/C19H28N2O2/c1-15(2)14-18(22)20-11-8-16-9-12-21(13-10-16)19(23)17-6-4-3-5-7-17/h3-7,15-16H,8-14H2,1-2H3,(H,20,22). The van der Waals surface area contributed by atoms with Gasteiger partial charge in [0.15, 0.2) is 0 Å². The molecule has 0 spiro atoms. The number of carbonyl (C=O) groups excluding carboxylic acids is 2. The number of rotatable bonds is 6. The Labute approximate surface area is 139 Å². The summed E-state index contributed by atoms with van der Waals surface area (Å²) in [6.07, 6.45) is 3.67. The maximum absolute atomic E-state index is 12.4. The second-order valence-electron chi connectivity index (χ2n) is 6.84. The molecule has 0 unspecified atom stereocenters. The molecule has 1 aliphatic rings. The average Bonchev–Trinajstić information content (AvgIpc) is 2.55. The fourth-order valence-corrected chi connectivity index (χ4v) is 3.05. The molecule has 1 saturated heterocycles. The molecule has 1 N–H and O–H groups in total. The number of benzene rings is 1. The minimum atomic E-state index is 0.134. The first-order valence-corrected chi connectivity index (χ1v) is 8.67. The summed E-state index contributed by atoms with van der Waals surface area (Å²) in [6, 6.07) is 9.48. The molecule has 126 valence electrons. The van der Waals surface area contributed by atoms with E-state index < -0.39 is 0 Å². The van der Waals surface area contributed by atoms with Crippen LogP contribution in [0.15, 0.2) is 30.3 Å². The molecule has 1 aromatic carbocycles. The molecule has 4 nitrogen and oxygen atoms in total. The predicted octanol–water partition coefficient (Wildman–Crippen LogP) is 3.09. The summed E-state index contributed by atoms with van der Waals surface area (Å²) < 4.78 is 0. The lowest BCUT2D eigenvalue weighted by Gasteiger charge is -2.32. The molecule has 1 aromatic rings. The van der Waals surface area contributed by atoms with Crippen molar-refractivity contribution >= 4 is 11.8 Å². The van der Waals surface area contributed by atoms with Crippen LogP contribution in [0.4, 0.5) is 0 Å². The summed E-state index contributed by atoms with van der Waals surface area (Å²) in [5.74, 6) is 1.29. The molecule has 2 rings (SSSR count). The van der Waals surface area contributed by atoms with Crippen molar-refractivity contribution in [2.75, 3.05) is 19.6 Å². The molecular weight excluding hydrogens is 288 g/mol. The number of carbonyl (C=O) groups is 2. The van der Waals surface area contributed by atoms with Crippen molar-refractivity contribution in [2.45, 2.75) is 39.5 Å². The van der Waals surface area contributed by atoms with Crippen LogP contribution in [0.1, 0.15) is 49.9 Å². The van der Waals surface area contributed by atoms with E-state index in [2.05, 4.69) is 19.2 Å². The molecule has 0 aromatic heterocycles. The van der Waals surface area contributed by atoms with E-state index in [4.69, 9.17) is 0 Å². The molecule has 0 aliphatic carbocycles. The second-order valence-corrected chi connectivity index (χ2v) is 6.84.